The number of hydrogen-bond acceptors (Lipinski definition) is 1. The Morgan fingerprint density at radius 2 is 0.889 bits per heavy atom. The molecule has 0 N–H and O–H groups in total. The molecule has 0 spiro atoms. The first-order chi connectivity index (χ1) is 31.0. The smallest absolute Gasteiger partial charge is 0.0547 e. The lowest BCUT2D eigenvalue weighted by Gasteiger charge is -2.28. The van der Waals surface area contributed by atoms with E-state index in [2.05, 4.69) is 242 Å². The molecule has 1 aromatic heterocycles. The van der Waals surface area contributed by atoms with Crippen LogP contribution in [-0.2, 0) is 5.41 Å². The lowest BCUT2D eigenvalue weighted by atomic mass is 9.82. The van der Waals surface area contributed by atoms with Gasteiger partial charge in [0.05, 0.1) is 11.0 Å². The molecule has 2 aliphatic carbocycles. The zero-order valence-electron chi connectivity index (χ0n) is 35.2. The summed E-state index contributed by atoms with van der Waals surface area (Å²) in [6, 6.07) is 80.8. The molecule has 296 valence electrons. The van der Waals surface area contributed by atoms with Crippen LogP contribution in [0, 0.1) is 0 Å². The van der Waals surface area contributed by atoms with Gasteiger partial charge in [-0.1, -0.05) is 159 Å². The third kappa shape index (κ3) is 5.38. The van der Waals surface area contributed by atoms with Gasteiger partial charge in [0.2, 0.25) is 0 Å². The Bertz CT molecular complexity index is 3610. The van der Waals surface area contributed by atoms with Gasteiger partial charge in [0.15, 0.2) is 0 Å². The van der Waals surface area contributed by atoms with Gasteiger partial charge >= 0.3 is 0 Å². The monoisotopic (exact) mass is 802 g/mol. The fourth-order valence-corrected chi connectivity index (χ4v) is 10.9. The Kier molecular flexibility index (Phi) is 7.68. The third-order valence-electron chi connectivity index (χ3n) is 13.9. The quantitative estimate of drug-likeness (QED) is 0.163. The fourth-order valence-electron chi connectivity index (χ4n) is 10.9. The van der Waals surface area contributed by atoms with Gasteiger partial charge in [0, 0.05) is 38.9 Å². The van der Waals surface area contributed by atoms with E-state index in [-0.39, 0.29) is 5.41 Å². The van der Waals surface area contributed by atoms with Gasteiger partial charge < -0.3 is 9.47 Å². The average Bonchev–Trinajstić information content (AvgIpc) is 3.92. The van der Waals surface area contributed by atoms with Crippen molar-refractivity contribution in [1.29, 1.82) is 0 Å². The van der Waals surface area contributed by atoms with Crippen LogP contribution < -0.4 is 4.90 Å². The summed E-state index contributed by atoms with van der Waals surface area (Å²) in [5.74, 6) is 0. The van der Waals surface area contributed by atoms with E-state index in [1.807, 2.05) is 0 Å². The van der Waals surface area contributed by atoms with Gasteiger partial charge in [-0.3, -0.25) is 0 Å². The third-order valence-corrected chi connectivity index (χ3v) is 13.9. The molecule has 2 aliphatic rings. The van der Waals surface area contributed by atoms with Crippen LogP contribution in [-0.4, -0.2) is 4.57 Å². The Balaban J connectivity index is 0.938. The van der Waals surface area contributed by atoms with E-state index in [1.165, 1.54) is 105 Å². The molecule has 0 fully saturated rings. The fraction of sp³-hybridized carbons (Fsp3) is 0.0492. The second-order valence-electron chi connectivity index (χ2n) is 17.7. The van der Waals surface area contributed by atoms with Crippen LogP contribution in [0.1, 0.15) is 25.0 Å². The Labute approximate surface area is 367 Å². The molecule has 63 heavy (non-hydrogen) atoms. The minimum atomic E-state index is -0.103. The average molecular weight is 803 g/mol. The number of fused-ring (bicyclic) bond motifs is 9. The van der Waals surface area contributed by atoms with Crippen molar-refractivity contribution >= 4 is 49.6 Å². The Morgan fingerprint density at radius 3 is 1.60 bits per heavy atom. The molecule has 0 radical (unpaired) electrons. The van der Waals surface area contributed by atoms with Gasteiger partial charge in [-0.05, 0) is 150 Å². The summed E-state index contributed by atoms with van der Waals surface area (Å²) in [5, 5.41) is 5.17. The van der Waals surface area contributed by atoms with E-state index >= 15 is 0 Å². The van der Waals surface area contributed by atoms with Crippen molar-refractivity contribution in [2.24, 2.45) is 0 Å². The van der Waals surface area contributed by atoms with E-state index < -0.39 is 0 Å². The van der Waals surface area contributed by atoms with Crippen LogP contribution >= 0.6 is 0 Å². The van der Waals surface area contributed by atoms with E-state index in [0.717, 1.165) is 17.1 Å². The molecular formula is C61H42N2. The molecule has 1 heterocycles. The van der Waals surface area contributed by atoms with Gasteiger partial charge in [0.1, 0.15) is 0 Å². The van der Waals surface area contributed by atoms with Crippen LogP contribution in [0.5, 0.6) is 0 Å². The van der Waals surface area contributed by atoms with Crippen LogP contribution in [0.2, 0.25) is 0 Å². The predicted octanol–water partition coefficient (Wildman–Crippen LogP) is 16.7. The highest BCUT2D eigenvalue weighted by molar-refractivity contribution is 6.20. The molecule has 0 saturated heterocycles. The maximum absolute atomic E-state index is 2.45. The number of benzene rings is 10. The number of nitrogens with zero attached hydrogens (tertiary/aromatic N) is 2. The lowest BCUT2D eigenvalue weighted by Crippen LogP contribution is -2.16. The molecule has 13 rings (SSSR count). The van der Waals surface area contributed by atoms with Crippen molar-refractivity contribution in [3.05, 3.63) is 230 Å². The number of aromatic nitrogens is 1. The molecule has 11 aromatic rings. The normalized spacial score (nSPS) is 13.0. The van der Waals surface area contributed by atoms with Gasteiger partial charge in [-0.2, -0.15) is 0 Å². The second-order valence-corrected chi connectivity index (χ2v) is 17.7. The summed E-state index contributed by atoms with van der Waals surface area (Å²) >= 11 is 0. The molecular weight excluding hydrogens is 761 g/mol. The molecule has 2 nitrogen and oxygen atoms in total. The molecule has 0 unspecified atom stereocenters. The van der Waals surface area contributed by atoms with Crippen molar-refractivity contribution in [3.8, 4) is 61.3 Å². The zero-order chi connectivity index (χ0) is 41.8. The minimum Gasteiger partial charge on any atom is -0.310 e. The lowest BCUT2D eigenvalue weighted by molar-refractivity contribution is 0.660. The van der Waals surface area contributed by atoms with Gasteiger partial charge in [-0.25, -0.2) is 0 Å². The Hall–Kier alpha value is -7.94. The topological polar surface area (TPSA) is 8.17 Å². The van der Waals surface area contributed by atoms with Crippen LogP contribution in [0.3, 0.4) is 0 Å². The predicted molar refractivity (Wildman–Crippen MR) is 266 cm³/mol. The maximum atomic E-state index is 2.45. The largest absolute Gasteiger partial charge is 0.310 e. The van der Waals surface area contributed by atoms with Crippen LogP contribution in [0.4, 0.5) is 17.1 Å². The summed E-state index contributed by atoms with van der Waals surface area (Å²) in [6.07, 6.45) is 0. The van der Waals surface area contributed by atoms with Crippen molar-refractivity contribution in [2.75, 3.05) is 4.90 Å². The summed E-state index contributed by atoms with van der Waals surface area (Å²) < 4.78 is 2.44. The standard InChI is InChI=1S/C61H42N2/c1-61(2)56-22-10-9-19-48(56)49-33-32-47(36-57(49)61)62(45-28-23-40(24-29-45)39-13-5-3-6-14-39)46-30-25-41(26-31-46)43-27-34-58-54(35-43)55-37-52-50-20-11-15-42-16-12-21-51(60(42)50)53(52)38-59(55)63(58)44-17-7-4-8-18-44/h3-38H,1-2H3. The van der Waals surface area contributed by atoms with E-state index in [9.17, 15) is 0 Å². The summed E-state index contributed by atoms with van der Waals surface area (Å²) in [6.45, 7) is 4.71. The molecule has 0 atom stereocenters. The van der Waals surface area contributed by atoms with Gasteiger partial charge in [0.25, 0.3) is 0 Å². The molecule has 0 saturated carbocycles. The van der Waals surface area contributed by atoms with Gasteiger partial charge in [-0.15, -0.1) is 0 Å². The molecule has 2 heteroatoms. The highest BCUT2D eigenvalue weighted by atomic mass is 15.1. The maximum Gasteiger partial charge on any atom is 0.0547 e. The van der Waals surface area contributed by atoms with Crippen molar-refractivity contribution in [2.45, 2.75) is 19.3 Å². The number of para-hydroxylation sites is 1. The minimum absolute atomic E-state index is 0.103. The first kappa shape index (κ1) is 35.8. The first-order valence-electron chi connectivity index (χ1n) is 22.0. The molecule has 10 aromatic carbocycles. The highest BCUT2D eigenvalue weighted by Gasteiger charge is 2.36. The molecule has 0 amide bonds. The van der Waals surface area contributed by atoms with E-state index in [0.29, 0.717) is 0 Å². The number of rotatable bonds is 6. The summed E-state index contributed by atoms with van der Waals surface area (Å²) in [7, 11) is 0. The van der Waals surface area contributed by atoms with E-state index in [4.69, 9.17) is 0 Å². The van der Waals surface area contributed by atoms with Crippen molar-refractivity contribution in [3.63, 3.8) is 0 Å². The second kappa shape index (κ2) is 13.5. The zero-order valence-corrected chi connectivity index (χ0v) is 35.2. The van der Waals surface area contributed by atoms with Crippen molar-refractivity contribution in [1.82, 2.24) is 4.57 Å². The Morgan fingerprint density at radius 1 is 0.349 bits per heavy atom. The first-order valence-corrected chi connectivity index (χ1v) is 22.0. The molecule has 0 bridgehead atoms. The van der Waals surface area contributed by atoms with Crippen LogP contribution in [0.25, 0.3) is 93.9 Å². The van der Waals surface area contributed by atoms with Crippen LogP contribution in [0.15, 0.2) is 218 Å². The number of anilines is 3. The molecule has 0 aliphatic heterocycles. The SMILES string of the molecule is CC1(C)c2ccccc2-c2ccc(N(c3ccc(-c4ccccc4)cc3)c3ccc(-c4ccc5c(c4)c4cc6c(cc4n5-c4ccccc4)-c4cccc5cccc-6c45)cc3)cc21. The highest BCUT2D eigenvalue weighted by Crippen LogP contribution is 2.52. The summed E-state index contributed by atoms with van der Waals surface area (Å²) in [4.78, 5) is 2.41. The van der Waals surface area contributed by atoms with E-state index in [1.54, 1.807) is 0 Å². The number of hydrogen-bond donors (Lipinski definition) is 0. The summed E-state index contributed by atoms with van der Waals surface area (Å²) in [5.41, 5.74) is 22.3. The van der Waals surface area contributed by atoms with Crippen molar-refractivity contribution < 1.29 is 0 Å².